The van der Waals surface area contributed by atoms with E-state index in [-0.39, 0.29) is 6.04 Å². The van der Waals surface area contributed by atoms with Crippen molar-refractivity contribution < 1.29 is 4.74 Å². The van der Waals surface area contributed by atoms with Gasteiger partial charge in [-0.15, -0.1) is 0 Å². The summed E-state index contributed by atoms with van der Waals surface area (Å²) in [7, 11) is 1.71. The van der Waals surface area contributed by atoms with E-state index in [9.17, 15) is 0 Å². The standard InChI is InChI=1S/C12H21N3O/c1-5-6-11(8-16-4)15-12-13-9(2)7-10(3)14-12/h7,11H,5-6,8H2,1-4H3,(H,13,14,15). The number of ether oxygens (including phenoxy) is 1. The molecule has 0 saturated heterocycles. The minimum absolute atomic E-state index is 0.288. The summed E-state index contributed by atoms with van der Waals surface area (Å²) in [5.74, 6) is 0.702. The lowest BCUT2D eigenvalue weighted by Gasteiger charge is -2.17. The highest BCUT2D eigenvalue weighted by Gasteiger charge is 2.09. The Hall–Kier alpha value is -1.16. The number of aromatic nitrogens is 2. The van der Waals surface area contributed by atoms with Gasteiger partial charge in [0.1, 0.15) is 0 Å². The van der Waals surface area contributed by atoms with E-state index in [1.165, 1.54) is 0 Å². The Kier molecular flexibility index (Phi) is 5.19. The molecule has 1 aromatic heterocycles. The van der Waals surface area contributed by atoms with Gasteiger partial charge < -0.3 is 10.1 Å². The summed E-state index contributed by atoms with van der Waals surface area (Å²) in [5, 5.41) is 3.32. The summed E-state index contributed by atoms with van der Waals surface area (Å²) < 4.78 is 5.17. The monoisotopic (exact) mass is 223 g/mol. The fourth-order valence-corrected chi connectivity index (χ4v) is 1.72. The largest absolute Gasteiger partial charge is 0.383 e. The van der Waals surface area contributed by atoms with Crippen molar-refractivity contribution in [1.82, 2.24) is 9.97 Å². The topological polar surface area (TPSA) is 47.0 Å². The first-order chi connectivity index (χ1) is 7.65. The molecule has 0 saturated carbocycles. The van der Waals surface area contributed by atoms with Gasteiger partial charge in [0.2, 0.25) is 5.95 Å². The van der Waals surface area contributed by atoms with Crippen molar-refractivity contribution >= 4 is 5.95 Å². The molecule has 90 valence electrons. The predicted octanol–water partition coefficient (Wildman–Crippen LogP) is 2.32. The molecule has 0 fully saturated rings. The second-order valence-electron chi connectivity index (χ2n) is 4.06. The maximum atomic E-state index is 5.17. The van der Waals surface area contributed by atoms with Crippen LogP contribution in [-0.2, 0) is 4.74 Å². The smallest absolute Gasteiger partial charge is 0.223 e. The Morgan fingerprint density at radius 3 is 2.44 bits per heavy atom. The number of methoxy groups -OCH3 is 1. The highest BCUT2D eigenvalue weighted by Crippen LogP contribution is 2.08. The van der Waals surface area contributed by atoms with Gasteiger partial charge in [0.05, 0.1) is 12.6 Å². The number of aryl methyl sites for hydroxylation is 2. The van der Waals surface area contributed by atoms with Gasteiger partial charge in [-0.05, 0) is 26.3 Å². The highest BCUT2D eigenvalue weighted by molar-refractivity contribution is 5.29. The van der Waals surface area contributed by atoms with Gasteiger partial charge in [0, 0.05) is 18.5 Å². The molecule has 1 N–H and O–H groups in total. The van der Waals surface area contributed by atoms with Crippen LogP contribution >= 0.6 is 0 Å². The highest BCUT2D eigenvalue weighted by atomic mass is 16.5. The van der Waals surface area contributed by atoms with Crippen molar-refractivity contribution in [2.24, 2.45) is 0 Å². The Labute approximate surface area is 97.5 Å². The second-order valence-corrected chi connectivity index (χ2v) is 4.06. The minimum Gasteiger partial charge on any atom is -0.383 e. The Morgan fingerprint density at radius 1 is 1.31 bits per heavy atom. The van der Waals surface area contributed by atoms with Gasteiger partial charge in [0.15, 0.2) is 0 Å². The van der Waals surface area contributed by atoms with Crippen LogP contribution in [-0.4, -0.2) is 29.7 Å². The number of rotatable bonds is 6. The molecule has 4 nitrogen and oxygen atoms in total. The number of hydrogen-bond acceptors (Lipinski definition) is 4. The molecule has 16 heavy (non-hydrogen) atoms. The summed E-state index contributed by atoms with van der Waals surface area (Å²) in [5.41, 5.74) is 1.98. The Balaban J connectivity index is 2.68. The van der Waals surface area contributed by atoms with Gasteiger partial charge in [-0.2, -0.15) is 0 Å². The number of hydrogen-bond donors (Lipinski definition) is 1. The van der Waals surface area contributed by atoms with Crippen LogP contribution in [0.15, 0.2) is 6.07 Å². The van der Waals surface area contributed by atoms with Crippen molar-refractivity contribution in [1.29, 1.82) is 0 Å². The van der Waals surface area contributed by atoms with E-state index in [0.717, 1.165) is 24.2 Å². The van der Waals surface area contributed by atoms with Crippen LogP contribution in [0.5, 0.6) is 0 Å². The first-order valence-electron chi connectivity index (χ1n) is 5.73. The molecular weight excluding hydrogens is 202 g/mol. The van der Waals surface area contributed by atoms with Crippen LogP contribution in [0.2, 0.25) is 0 Å². The van der Waals surface area contributed by atoms with Crippen LogP contribution in [0, 0.1) is 13.8 Å². The zero-order valence-electron chi connectivity index (χ0n) is 10.6. The fourth-order valence-electron chi connectivity index (χ4n) is 1.72. The maximum absolute atomic E-state index is 5.17. The molecule has 0 bridgehead atoms. The molecule has 0 aliphatic carbocycles. The molecule has 1 aromatic rings. The third-order valence-corrected chi connectivity index (χ3v) is 2.32. The van der Waals surface area contributed by atoms with Crippen LogP contribution < -0.4 is 5.32 Å². The van der Waals surface area contributed by atoms with Crippen molar-refractivity contribution in [3.8, 4) is 0 Å². The third-order valence-electron chi connectivity index (χ3n) is 2.32. The molecule has 0 aromatic carbocycles. The van der Waals surface area contributed by atoms with E-state index >= 15 is 0 Å². The molecule has 1 heterocycles. The molecule has 4 heteroatoms. The average molecular weight is 223 g/mol. The van der Waals surface area contributed by atoms with Gasteiger partial charge in [0.25, 0.3) is 0 Å². The van der Waals surface area contributed by atoms with Crippen molar-refractivity contribution in [2.75, 3.05) is 19.0 Å². The molecule has 1 rings (SSSR count). The molecule has 0 amide bonds. The number of nitrogens with one attached hydrogen (secondary N) is 1. The second kappa shape index (κ2) is 6.43. The zero-order valence-corrected chi connectivity index (χ0v) is 10.6. The van der Waals surface area contributed by atoms with Crippen molar-refractivity contribution in [3.63, 3.8) is 0 Å². The minimum atomic E-state index is 0.288. The number of nitrogens with zero attached hydrogens (tertiary/aromatic N) is 2. The molecule has 1 unspecified atom stereocenters. The van der Waals surface area contributed by atoms with E-state index in [0.29, 0.717) is 12.6 Å². The van der Waals surface area contributed by atoms with Crippen molar-refractivity contribution in [2.45, 2.75) is 39.7 Å². The van der Waals surface area contributed by atoms with Gasteiger partial charge in [-0.1, -0.05) is 13.3 Å². The van der Waals surface area contributed by atoms with Crippen LogP contribution in [0.25, 0.3) is 0 Å². The van der Waals surface area contributed by atoms with Crippen LogP contribution in [0.3, 0.4) is 0 Å². The quantitative estimate of drug-likeness (QED) is 0.804. The van der Waals surface area contributed by atoms with E-state index in [2.05, 4.69) is 22.2 Å². The molecule has 0 aliphatic rings. The molecule has 1 atom stereocenters. The van der Waals surface area contributed by atoms with Gasteiger partial charge >= 0.3 is 0 Å². The van der Waals surface area contributed by atoms with E-state index in [1.54, 1.807) is 7.11 Å². The maximum Gasteiger partial charge on any atom is 0.223 e. The first-order valence-corrected chi connectivity index (χ1v) is 5.73. The molecule has 0 radical (unpaired) electrons. The van der Waals surface area contributed by atoms with Crippen LogP contribution in [0.1, 0.15) is 31.2 Å². The zero-order chi connectivity index (χ0) is 12.0. The van der Waals surface area contributed by atoms with E-state index < -0.39 is 0 Å². The average Bonchev–Trinajstić information content (AvgIpc) is 2.16. The van der Waals surface area contributed by atoms with E-state index in [1.807, 2.05) is 19.9 Å². The summed E-state index contributed by atoms with van der Waals surface area (Å²) >= 11 is 0. The molecule has 0 aliphatic heterocycles. The fraction of sp³-hybridized carbons (Fsp3) is 0.667. The van der Waals surface area contributed by atoms with Gasteiger partial charge in [-0.25, -0.2) is 9.97 Å². The van der Waals surface area contributed by atoms with E-state index in [4.69, 9.17) is 4.74 Å². The summed E-state index contributed by atoms with van der Waals surface area (Å²) in [6.45, 7) is 6.80. The molecule has 0 spiro atoms. The lowest BCUT2D eigenvalue weighted by molar-refractivity contribution is 0.182. The predicted molar refractivity (Wildman–Crippen MR) is 65.7 cm³/mol. The summed E-state index contributed by atoms with van der Waals surface area (Å²) in [4.78, 5) is 8.72. The summed E-state index contributed by atoms with van der Waals surface area (Å²) in [6, 6.07) is 2.26. The molecular formula is C12H21N3O. The first kappa shape index (κ1) is 12.9. The lowest BCUT2D eigenvalue weighted by Crippen LogP contribution is -2.26. The lowest BCUT2D eigenvalue weighted by atomic mass is 10.2. The SMILES string of the molecule is CCCC(COC)Nc1nc(C)cc(C)n1. The summed E-state index contributed by atoms with van der Waals surface area (Å²) in [6.07, 6.45) is 2.18. The Morgan fingerprint density at radius 2 is 1.94 bits per heavy atom. The number of anilines is 1. The normalized spacial score (nSPS) is 12.5. The Bertz CT molecular complexity index is 302. The third kappa shape index (κ3) is 4.14. The van der Waals surface area contributed by atoms with Gasteiger partial charge in [-0.3, -0.25) is 0 Å². The van der Waals surface area contributed by atoms with Crippen molar-refractivity contribution in [3.05, 3.63) is 17.5 Å². The van der Waals surface area contributed by atoms with Crippen LogP contribution in [0.4, 0.5) is 5.95 Å².